The average Bonchev–Trinajstić information content (AvgIpc) is 2.76. The number of benzene rings is 2. The maximum atomic E-state index is 13.0. The second kappa shape index (κ2) is 10.3. The molecule has 0 spiro atoms. The molecule has 0 N–H and O–H groups in total. The summed E-state index contributed by atoms with van der Waals surface area (Å²) in [7, 11) is -3.55. The standard InChI is InChI=1S/C26H36N2O4S/c1-20-8-13-24(21(2)19-20)33(30,31)28-16-14-27(15-17-28)25(29)7-6-18-32-23-11-9-22(10-12-23)26(3,4)5/h8-13,19H,6-7,14-18H2,1-5H3. The molecular weight excluding hydrogens is 436 g/mol. The van der Waals surface area contributed by atoms with Crippen LogP contribution in [0.2, 0.25) is 0 Å². The van der Waals surface area contributed by atoms with E-state index < -0.39 is 10.0 Å². The van der Waals surface area contributed by atoms with Gasteiger partial charge in [-0.25, -0.2) is 8.42 Å². The summed E-state index contributed by atoms with van der Waals surface area (Å²) < 4.78 is 33.3. The van der Waals surface area contributed by atoms with Crippen molar-refractivity contribution in [3.05, 3.63) is 59.2 Å². The van der Waals surface area contributed by atoms with Gasteiger partial charge >= 0.3 is 0 Å². The van der Waals surface area contributed by atoms with E-state index in [2.05, 4.69) is 32.9 Å². The van der Waals surface area contributed by atoms with Crippen LogP contribution >= 0.6 is 0 Å². The molecule has 1 saturated heterocycles. The van der Waals surface area contributed by atoms with E-state index in [1.54, 1.807) is 11.0 Å². The third-order valence-corrected chi connectivity index (χ3v) is 8.12. The minimum Gasteiger partial charge on any atom is -0.494 e. The Kier molecular flexibility index (Phi) is 7.85. The molecule has 180 valence electrons. The number of piperazine rings is 1. The number of ether oxygens (including phenoxy) is 1. The molecule has 1 fully saturated rings. The van der Waals surface area contributed by atoms with Crippen LogP contribution in [-0.2, 0) is 20.2 Å². The second-order valence-electron chi connectivity index (χ2n) is 9.78. The van der Waals surface area contributed by atoms with E-state index in [9.17, 15) is 13.2 Å². The van der Waals surface area contributed by atoms with Crippen molar-refractivity contribution in [1.82, 2.24) is 9.21 Å². The third kappa shape index (κ3) is 6.36. The lowest BCUT2D eigenvalue weighted by Crippen LogP contribution is -2.50. The predicted molar refractivity (Wildman–Crippen MR) is 131 cm³/mol. The molecule has 0 atom stereocenters. The number of carbonyl (C=O) groups excluding carboxylic acids is 1. The molecule has 6 nitrogen and oxygen atoms in total. The lowest BCUT2D eigenvalue weighted by Gasteiger charge is -2.34. The number of sulfonamides is 1. The summed E-state index contributed by atoms with van der Waals surface area (Å²) in [4.78, 5) is 14.7. The minimum atomic E-state index is -3.55. The van der Waals surface area contributed by atoms with Crippen molar-refractivity contribution in [3.63, 3.8) is 0 Å². The Balaban J connectivity index is 1.44. The van der Waals surface area contributed by atoms with Gasteiger partial charge in [0.2, 0.25) is 15.9 Å². The van der Waals surface area contributed by atoms with Gasteiger partial charge in [-0.05, 0) is 55.0 Å². The maximum Gasteiger partial charge on any atom is 0.243 e. The van der Waals surface area contributed by atoms with Crippen molar-refractivity contribution in [2.45, 2.75) is 57.8 Å². The summed E-state index contributed by atoms with van der Waals surface area (Å²) in [5.74, 6) is 0.853. The highest BCUT2D eigenvalue weighted by atomic mass is 32.2. The maximum absolute atomic E-state index is 13.0. The molecule has 0 aliphatic carbocycles. The van der Waals surface area contributed by atoms with E-state index in [1.165, 1.54) is 9.87 Å². The minimum absolute atomic E-state index is 0.0465. The Morgan fingerprint density at radius 2 is 1.61 bits per heavy atom. The van der Waals surface area contributed by atoms with Crippen LogP contribution in [0, 0.1) is 13.8 Å². The fraction of sp³-hybridized carbons (Fsp3) is 0.500. The largest absolute Gasteiger partial charge is 0.494 e. The van der Waals surface area contributed by atoms with Crippen molar-refractivity contribution in [3.8, 4) is 5.75 Å². The first-order valence-corrected chi connectivity index (χ1v) is 13.0. The number of aryl methyl sites for hydroxylation is 2. The van der Waals surface area contributed by atoms with Crippen LogP contribution in [0.25, 0.3) is 0 Å². The van der Waals surface area contributed by atoms with E-state index in [0.717, 1.165) is 16.9 Å². The molecule has 0 radical (unpaired) electrons. The highest BCUT2D eigenvalue weighted by Crippen LogP contribution is 2.25. The van der Waals surface area contributed by atoms with Crippen molar-refractivity contribution in [1.29, 1.82) is 0 Å². The fourth-order valence-electron chi connectivity index (χ4n) is 4.03. The van der Waals surface area contributed by atoms with E-state index in [0.29, 0.717) is 50.5 Å². The first-order valence-electron chi connectivity index (χ1n) is 11.6. The Morgan fingerprint density at radius 3 is 2.18 bits per heavy atom. The number of hydrogen-bond donors (Lipinski definition) is 0. The predicted octanol–water partition coefficient (Wildman–Crippen LogP) is 4.29. The van der Waals surface area contributed by atoms with Crippen LogP contribution in [0.5, 0.6) is 5.75 Å². The van der Waals surface area contributed by atoms with E-state index >= 15 is 0 Å². The van der Waals surface area contributed by atoms with Gasteiger partial charge in [-0.15, -0.1) is 0 Å². The summed E-state index contributed by atoms with van der Waals surface area (Å²) in [5.41, 5.74) is 3.14. The molecule has 33 heavy (non-hydrogen) atoms. The fourth-order valence-corrected chi connectivity index (χ4v) is 5.66. The van der Waals surface area contributed by atoms with Crippen LogP contribution in [-0.4, -0.2) is 56.3 Å². The van der Waals surface area contributed by atoms with E-state index in [-0.39, 0.29) is 11.3 Å². The molecule has 2 aromatic rings. The molecule has 1 aliphatic rings. The number of amides is 1. The van der Waals surface area contributed by atoms with Crippen LogP contribution in [0.1, 0.15) is 50.3 Å². The first-order chi connectivity index (χ1) is 15.5. The molecule has 1 amide bonds. The quantitative estimate of drug-likeness (QED) is 0.564. The molecule has 0 unspecified atom stereocenters. The van der Waals surface area contributed by atoms with Crippen LogP contribution < -0.4 is 4.74 Å². The summed E-state index contributed by atoms with van der Waals surface area (Å²) in [6, 6.07) is 13.5. The van der Waals surface area contributed by atoms with Gasteiger partial charge in [-0.1, -0.05) is 50.6 Å². The summed E-state index contributed by atoms with van der Waals surface area (Å²) in [5, 5.41) is 0. The summed E-state index contributed by atoms with van der Waals surface area (Å²) >= 11 is 0. The van der Waals surface area contributed by atoms with E-state index in [1.807, 2.05) is 38.1 Å². The molecule has 3 rings (SSSR count). The van der Waals surface area contributed by atoms with Gasteiger partial charge in [0.1, 0.15) is 5.75 Å². The van der Waals surface area contributed by atoms with Gasteiger partial charge in [0.15, 0.2) is 0 Å². The zero-order valence-corrected chi connectivity index (χ0v) is 21.2. The van der Waals surface area contributed by atoms with Crippen molar-refractivity contribution in [2.24, 2.45) is 0 Å². The monoisotopic (exact) mass is 472 g/mol. The third-order valence-electron chi connectivity index (χ3n) is 6.06. The SMILES string of the molecule is Cc1ccc(S(=O)(=O)N2CCN(C(=O)CCCOc3ccc(C(C)(C)C)cc3)CC2)c(C)c1. The number of nitrogens with zero attached hydrogens (tertiary/aromatic N) is 2. The van der Waals surface area contributed by atoms with Gasteiger partial charge in [-0.3, -0.25) is 4.79 Å². The zero-order valence-electron chi connectivity index (χ0n) is 20.4. The van der Waals surface area contributed by atoms with Crippen LogP contribution in [0.15, 0.2) is 47.4 Å². The van der Waals surface area contributed by atoms with Crippen molar-refractivity contribution >= 4 is 15.9 Å². The van der Waals surface area contributed by atoms with Gasteiger partial charge < -0.3 is 9.64 Å². The lowest BCUT2D eigenvalue weighted by atomic mass is 9.87. The topological polar surface area (TPSA) is 66.9 Å². The van der Waals surface area contributed by atoms with Crippen LogP contribution in [0.4, 0.5) is 0 Å². The van der Waals surface area contributed by atoms with Gasteiger partial charge in [0, 0.05) is 32.6 Å². The van der Waals surface area contributed by atoms with E-state index in [4.69, 9.17) is 4.74 Å². The Labute approximate surface area is 198 Å². The summed E-state index contributed by atoms with van der Waals surface area (Å²) in [6.07, 6.45) is 1.02. The normalized spacial score (nSPS) is 15.5. The number of hydrogen-bond acceptors (Lipinski definition) is 4. The molecule has 0 bridgehead atoms. The molecule has 1 aliphatic heterocycles. The summed E-state index contributed by atoms with van der Waals surface area (Å²) in [6.45, 7) is 12.2. The number of carbonyl (C=O) groups is 1. The molecule has 2 aromatic carbocycles. The molecule has 7 heteroatoms. The Morgan fingerprint density at radius 1 is 0.970 bits per heavy atom. The Hall–Kier alpha value is -2.38. The van der Waals surface area contributed by atoms with Crippen molar-refractivity contribution in [2.75, 3.05) is 32.8 Å². The molecular formula is C26H36N2O4S. The average molecular weight is 473 g/mol. The number of rotatable bonds is 7. The molecule has 0 aromatic heterocycles. The van der Waals surface area contributed by atoms with Crippen molar-refractivity contribution < 1.29 is 17.9 Å². The van der Waals surface area contributed by atoms with Gasteiger partial charge in [0.05, 0.1) is 11.5 Å². The van der Waals surface area contributed by atoms with Gasteiger partial charge in [0.25, 0.3) is 0 Å². The zero-order chi connectivity index (χ0) is 24.2. The second-order valence-corrected chi connectivity index (χ2v) is 11.7. The first kappa shape index (κ1) is 25.2. The van der Waals surface area contributed by atoms with Gasteiger partial charge in [-0.2, -0.15) is 4.31 Å². The van der Waals surface area contributed by atoms with Crippen LogP contribution in [0.3, 0.4) is 0 Å². The highest BCUT2D eigenvalue weighted by molar-refractivity contribution is 7.89. The molecule has 0 saturated carbocycles. The highest BCUT2D eigenvalue weighted by Gasteiger charge is 2.30. The lowest BCUT2D eigenvalue weighted by molar-refractivity contribution is -0.132. The Bertz CT molecular complexity index is 1060. The molecule has 1 heterocycles. The smallest absolute Gasteiger partial charge is 0.243 e.